The van der Waals surface area contributed by atoms with E-state index in [9.17, 15) is 0 Å². The van der Waals surface area contributed by atoms with Gasteiger partial charge in [0.1, 0.15) is 0 Å². The molecular formula is C22H42. The summed E-state index contributed by atoms with van der Waals surface area (Å²) in [6.45, 7) is 5.01. The van der Waals surface area contributed by atoms with Crippen LogP contribution >= 0.6 is 0 Å². The van der Waals surface area contributed by atoms with Crippen LogP contribution in [0.1, 0.15) is 117 Å². The number of hydrogen-bond donors (Lipinski definition) is 0. The van der Waals surface area contributed by atoms with E-state index in [1.54, 1.807) is 12.8 Å². The van der Waals surface area contributed by atoms with Crippen LogP contribution in [0.2, 0.25) is 0 Å². The van der Waals surface area contributed by atoms with Gasteiger partial charge in [0, 0.05) is 0 Å². The maximum absolute atomic E-state index is 2.65. The quantitative estimate of drug-likeness (QED) is 0.333. The molecule has 130 valence electrons. The third-order valence-corrected chi connectivity index (χ3v) is 6.97. The zero-order valence-electron chi connectivity index (χ0n) is 15.6. The number of hydrogen-bond acceptors (Lipinski definition) is 0. The van der Waals surface area contributed by atoms with Crippen molar-refractivity contribution in [2.75, 3.05) is 0 Å². The Kier molecular flexibility index (Phi) is 8.93. The second kappa shape index (κ2) is 10.7. The highest BCUT2D eigenvalue weighted by molar-refractivity contribution is 4.82. The molecule has 2 unspecified atom stereocenters. The molecule has 2 saturated carbocycles. The lowest BCUT2D eigenvalue weighted by Gasteiger charge is -2.36. The fourth-order valence-electron chi connectivity index (χ4n) is 5.48. The van der Waals surface area contributed by atoms with Crippen LogP contribution in [-0.2, 0) is 0 Å². The lowest BCUT2D eigenvalue weighted by molar-refractivity contribution is 0.137. The molecule has 0 radical (unpaired) electrons. The Morgan fingerprint density at radius 3 is 1.68 bits per heavy atom. The summed E-state index contributed by atoms with van der Waals surface area (Å²) < 4.78 is 0. The summed E-state index contributed by atoms with van der Waals surface area (Å²) in [6.07, 6.45) is 24.2. The molecule has 2 fully saturated rings. The average molecular weight is 307 g/mol. The van der Waals surface area contributed by atoms with E-state index in [0.29, 0.717) is 0 Å². The standard InChI is InChI=1S/C22H42/c1-3-4-9-18-22(21-16-12-7-8-13-17-21)19(2)20-14-10-5-6-11-15-20/h19-22H,3-18H2,1-2H3. The van der Waals surface area contributed by atoms with Crippen LogP contribution in [-0.4, -0.2) is 0 Å². The Bertz CT molecular complexity index is 253. The first-order chi connectivity index (χ1) is 10.8. The van der Waals surface area contributed by atoms with Gasteiger partial charge in [0.05, 0.1) is 0 Å². The van der Waals surface area contributed by atoms with Crippen molar-refractivity contribution in [1.29, 1.82) is 0 Å². The lowest BCUT2D eigenvalue weighted by Crippen LogP contribution is -2.27. The van der Waals surface area contributed by atoms with Crippen LogP contribution in [0, 0.1) is 23.7 Å². The van der Waals surface area contributed by atoms with Crippen molar-refractivity contribution in [3.63, 3.8) is 0 Å². The Morgan fingerprint density at radius 2 is 1.18 bits per heavy atom. The Morgan fingerprint density at radius 1 is 0.682 bits per heavy atom. The summed E-state index contributed by atoms with van der Waals surface area (Å²) in [5, 5.41) is 0. The number of unbranched alkanes of at least 4 members (excludes halogenated alkanes) is 2. The molecule has 0 bridgehead atoms. The van der Waals surface area contributed by atoms with Gasteiger partial charge in [-0.25, -0.2) is 0 Å². The van der Waals surface area contributed by atoms with E-state index in [-0.39, 0.29) is 0 Å². The van der Waals surface area contributed by atoms with Gasteiger partial charge in [0.25, 0.3) is 0 Å². The monoisotopic (exact) mass is 306 g/mol. The molecule has 0 aromatic heterocycles. The molecule has 2 atom stereocenters. The molecule has 0 nitrogen and oxygen atoms in total. The van der Waals surface area contributed by atoms with Gasteiger partial charge in [0.15, 0.2) is 0 Å². The van der Waals surface area contributed by atoms with E-state index in [4.69, 9.17) is 0 Å². The van der Waals surface area contributed by atoms with Gasteiger partial charge in [-0.1, -0.05) is 110 Å². The van der Waals surface area contributed by atoms with Crippen molar-refractivity contribution in [1.82, 2.24) is 0 Å². The van der Waals surface area contributed by atoms with Crippen LogP contribution in [0.3, 0.4) is 0 Å². The normalized spacial score (nSPS) is 25.4. The lowest BCUT2D eigenvalue weighted by atomic mass is 9.69. The fraction of sp³-hybridized carbons (Fsp3) is 1.00. The molecule has 0 saturated heterocycles. The first kappa shape index (κ1) is 18.3. The minimum Gasteiger partial charge on any atom is -0.0654 e. The Hall–Kier alpha value is 0. The second-order valence-corrected chi connectivity index (χ2v) is 8.52. The smallest absolute Gasteiger partial charge is 0.0357 e. The maximum Gasteiger partial charge on any atom is -0.0357 e. The van der Waals surface area contributed by atoms with Gasteiger partial charge in [-0.3, -0.25) is 0 Å². The van der Waals surface area contributed by atoms with Crippen molar-refractivity contribution >= 4 is 0 Å². The summed E-state index contributed by atoms with van der Waals surface area (Å²) in [4.78, 5) is 0. The van der Waals surface area contributed by atoms with Gasteiger partial charge in [-0.05, 0) is 30.1 Å². The molecular weight excluding hydrogens is 264 g/mol. The van der Waals surface area contributed by atoms with Crippen LogP contribution in [0.4, 0.5) is 0 Å². The van der Waals surface area contributed by atoms with E-state index < -0.39 is 0 Å². The van der Waals surface area contributed by atoms with E-state index >= 15 is 0 Å². The zero-order valence-corrected chi connectivity index (χ0v) is 15.6. The SMILES string of the molecule is CCCCCC(C1CCCCCC1)C(C)C1CCCCCC1. The molecule has 2 aliphatic rings. The minimum absolute atomic E-state index is 0.998. The van der Waals surface area contributed by atoms with E-state index in [1.807, 2.05) is 0 Å². The van der Waals surface area contributed by atoms with Gasteiger partial charge < -0.3 is 0 Å². The van der Waals surface area contributed by atoms with Gasteiger partial charge in [-0.15, -0.1) is 0 Å². The predicted molar refractivity (Wildman–Crippen MR) is 99.2 cm³/mol. The third kappa shape index (κ3) is 5.89. The predicted octanol–water partition coefficient (Wildman–Crippen LogP) is 7.76. The van der Waals surface area contributed by atoms with Crippen LogP contribution in [0.15, 0.2) is 0 Å². The maximum atomic E-state index is 2.65. The highest BCUT2D eigenvalue weighted by Gasteiger charge is 2.31. The first-order valence-electron chi connectivity index (χ1n) is 10.8. The molecule has 0 aromatic carbocycles. The molecule has 0 N–H and O–H groups in total. The van der Waals surface area contributed by atoms with Crippen LogP contribution < -0.4 is 0 Å². The Labute approximate surface area is 140 Å². The van der Waals surface area contributed by atoms with Gasteiger partial charge in [0.2, 0.25) is 0 Å². The van der Waals surface area contributed by atoms with Crippen LogP contribution in [0.5, 0.6) is 0 Å². The van der Waals surface area contributed by atoms with Crippen molar-refractivity contribution in [3.8, 4) is 0 Å². The zero-order chi connectivity index (χ0) is 15.6. The molecule has 0 aromatic rings. The third-order valence-electron chi connectivity index (χ3n) is 6.97. The molecule has 0 aliphatic heterocycles. The highest BCUT2D eigenvalue weighted by Crippen LogP contribution is 2.42. The summed E-state index contributed by atoms with van der Waals surface area (Å²) >= 11 is 0. The van der Waals surface area contributed by atoms with Crippen molar-refractivity contribution in [2.45, 2.75) is 117 Å². The molecule has 0 heteroatoms. The van der Waals surface area contributed by atoms with E-state index in [0.717, 1.165) is 23.7 Å². The largest absolute Gasteiger partial charge is 0.0654 e. The topological polar surface area (TPSA) is 0 Å². The van der Waals surface area contributed by atoms with E-state index in [2.05, 4.69) is 13.8 Å². The summed E-state index contributed by atoms with van der Waals surface area (Å²) in [6, 6.07) is 0. The molecule has 0 heterocycles. The molecule has 2 aliphatic carbocycles. The molecule has 0 spiro atoms. The number of rotatable bonds is 7. The minimum atomic E-state index is 0.998. The summed E-state index contributed by atoms with van der Waals surface area (Å²) in [7, 11) is 0. The van der Waals surface area contributed by atoms with Gasteiger partial charge >= 0.3 is 0 Å². The van der Waals surface area contributed by atoms with Crippen molar-refractivity contribution in [3.05, 3.63) is 0 Å². The summed E-state index contributed by atoms with van der Waals surface area (Å²) in [5.41, 5.74) is 0. The highest BCUT2D eigenvalue weighted by atomic mass is 14.4. The fourth-order valence-corrected chi connectivity index (χ4v) is 5.48. The summed E-state index contributed by atoms with van der Waals surface area (Å²) in [5.74, 6) is 4.17. The Balaban J connectivity index is 1.96. The molecule has 0 amide bonds. The average Bonchev–Trinajstić information content (AvgIpc) is 2.96. The van der Waals surface area contributed by atoms with Crippen LogP contribution in [0.25, 0.3) is 0 Å². The second-order valence-electron chi connectivity index (χ2n) is 8.52. The molecule has 2 rings (SSSR count). The molecule has 22 heavy (non-hydrogen) atoms. The van der Waals surface area contributed by atoms with Crippen molar-refractivity contribution in [2.24, 2.45) is 23.7 Å². The van der Waals surface area contributed by atoms with E-state index in [1.165, 1.54) is 89.9 Å². The van der Waals surface area contributed by atoms with Gasteiger partial charge in [-0.2, -0.15) is 0 Å². The first-order valence-corrected chi connectivity index (χ1v) is 10.8. The van der Waals surface area contributed by atoms with Crippen molar-refractivity contribution < 1.29 is 0 Å².